The molecule has 0 atom stereocenters. The predicted molar refractivity (Wildman–Crippen MR) is 68.7 cm³/mol. The lowest BCUT2D eigenvalue weighted by Gasteiger charge is -1.97. The van der Waals surface area contributed by atoms with Crippen molar-refractivity contribution in [2.75, 3.05) is 0 Å². The fourth-order valence-corrected chi connectivity index (χ4v) is 1.27. The van der Waals surface area contributed by atoms with Crippen molar-refractivity contribution in [1.29, 1.82) is 0 Å². The van der Waals surface area contributed by atoms with Gasteiger partial charge in [0.05, 0.1) is 12.7 Å². The zero-order valence-corrected chi connectivity index (χ0v) is 9.89. The van der Waals surface area contributed by atoms with Crippen molar-refractivity contribution in [3.05, 3.63) is 61.8 Å². The van der Waals surface area contributed by atoms with Crippen LogP contribution in [0, 0.1) is 0 Å². The van der Waals surface area contributed by atoms with E-state index in [1.807, 2.05) is 42.4 Å². The molecule has 1 rings (SSSR count). The summed E-state index contributed by atoms with van der Waals surface area (Å²) in [7, 11) is 0. The Bertz CT molecular complexity index is 422. The van der Waals surface area contributed by atoms with Crippen LogP contribution in [0.2, 0.25) is 0 Å². The molecule has 1 heterocycles. The van der Waals surface area contributed by atoms with E-state index in [1.165, 1.54) is 0 Å². The first-order valence-electron chi connectivity index (χ1n) is 5.32. The molecule has 0 radical (unpaired) electrons. The molecule has 0 saturated heterocycles. The van der Waals surface area contributed by atoms with E-state index in [4.69, 9.17) is 0 Å². The van der Waals surface area contributed by atoms with Crippen molar-refractivity contribution in [3.8, 4) is 0 Å². The SMILES string of the molecule is C=Cn1cc[n+](CCC(=C)/C=C\C(=C)C)c1. The second-order valence-corrected chi connectivity index (χ2v) is 3.87. The summed E-state index contributed by atoms with van der Waals surface area (Å²) >= 11 is 0. The van der Waals surface area contributed by atoms with Gasteiger partial charge in [0.15, 0.2) is 0 Å². The van der Waals surface area contributed by atoms with Crippen molar-refractivity contribution >= 4 is 6.20 Å². The molecular formula is C14H19N2+. The lowest BCUT2D eigenvalue weighted by Crippen LogP contribution is -2.30. The monoisotopic (exact) mass is 215 g/mol. The number of imidazole rings is 1. The Labute approximate surface area is 97.5 Å². The van der Waals surface area contributed by atoms with Crippen LogP contribution in [0.3, 0.4) is 0 Å². The quantitative estimate of drug-likeness (QED) is 0.509. The van der Waals surface area contributed by atoms with Crippen LogP contribution in [0.5, 0.6) is 0 Å². The van der Waals surface area contributed by atoms with Crippen molar-refractivity contribution in [1.82, 2.24) is 4.57 Å². The molecule has 0 aromatic carbocycles. The molecule has 16 heavy (non-hydrogen) atoms. The van der Waals surface area contributed by atoms with E-state index in [0.29, 0.717) is 0 Å². The van der Waals surface area contributed by atoms with E-state index in [0.717, 1.165) is 24.1 Å². The van der Waals surface area contributed by atoms with Gasteiger partial charge in [-0.05, 0) is 6.92 Å². The minimum atomic E-state index is 0.931. The highest BCUT2D eigenvalue weighted by Gasteiger charge is 2.00. The normalized spacial score (nSPS) is 10.6. The fourth-order valence-electron chi connectivity index (χ4n) is 1.27. The molecule has 0 aliphatic rings. The molecular weight excluding hydrogens is 196 g/mol. The van der Waals surface area contributed by atoms with Gasteiger partial charge in [-0.1, -0.05) is 43.0 Å². The van der Waals surface area contributed by atoms with E-state index in [1.54, 1.807) is 6.20 Å². The highest BCUT2D eigenvalue weighted by Crippen LogP contribution is 2.02. The Balaban J connectivity index is 2.42. The molecule has 0 saturated carbocycles. The van der Waals surface area contributed by atoms with Gasteiger partial charge in [0.25, 0.3) is 0 Å². The maximum absolute atomic E-state index is 4.00. The number of hydrogen-bond donors (Lipinski definition) is 0. The molecule has 2 heteroatoms. The summed E-state index contributed by atoms with van der Waals surface area (Å²) in [6.07, 6.45) is 12.7. The van der Waals surface area contributed by atoms with E-state index in [-0.39, 0.29) is 0 Å². The zero-order chi connectivity index (χ0) is 12.0. The number of allylic oxidation sites excluding steroid dienone is 4. The summed E-state index contributed by atoms with van der Waals surface area (Å²) in [6.45, 7) is 14.4. The van der Waals surface area contributed by atoms with Crippen LogP contribution < -0.4 is 4.57 Å². The van der Waals surface area contributed by atoms with Gasteiger partial charge in [-0.25, -0.2) is 9.13 Å². The highest BCUT2D eigenvalue weighted by molar-refractivity contribution is 5.22. The topological polar surface area (TPSA) is 8.81 Å². The zero-order valence-electron chi connectivity index (χ0n) is 9.89. The third-order valence-corrected chi connectivity index (χ3v) is 2.22. The molecule has 0 aliphatic carbocycles. The second-order valence-electron chi connectivity index (χ2n) is 3.87. The lowest BCUT2D eigenvalue weighted by molar-refractivity contribution is -0.695. The summed E-state index contributed by atoms with van der Waals surface area (Å²) in [4.78, 5) is 0. The van der Waals surface area contributed by atoms with Crippen molar-refractivity contribution < 1.29 is 4.57 Å². The van der Waals surface area contributed by atoms with Crippen LogP contribution in [-0.2, 0) is 6.54 Å². The summed E-state index contributed by atoms with van der Waals surface area (Å²) in [5, 5.41) is 0. The highest BCUT2D eigenvalue weighted by atomic mass is 15.1. The minimum Gasteiger partial charge on any atom is -0.236 e. The van der Waals surface area contributed by atoms with Gasteiger partial charge in [0.1, 0.15) is 12.4 Å². The summed E-state index contributed by atoms with van der Waals surface area (Å²) in [5.74, 6) is 0. The third-order valence-electron chi connectivity index (χ3n) is 2.22. The van der Waals surface area contributed by atoms with Gasteiger partial charge in [-0.3, -0.25) is 0 Å². The average molecular weight is 215 g/mol. The van der Waals surface area contributed by atoms with Crippen LogP contribution in [0.1, 0.15) is 13.3 Å². The van der Waals surface area contributed by atoms with Crippen molar-refractivity contribution in [3.63, 3.8) is 0 Å². The average Bonchev–Trinajstić information content (AvgIpc) is 2.71. The summed E-state index contributed by atoms with van der Waals surface area (Å²) < 4.78 is 4.04. The molecule has 0 fully saturated rings. The van der Waals surface area contributed by atoms with Crippen LogP contribution >= 0.6 is 0 Å². The van der Waals surface area contributed by atoms with E-state index < -0.39 is 0 Å². The Morgan fingerprint density at radius 1 is 1.38 bits per heavy atom. The van der Waals surface area contributed by atoms with Gasteiger partial charge in [-0.2, -0.15) is 0 Å². The summed E-state index contributed by atoms with van der Waals surface area (Å²) in [6, 6.07) is 0. The van der Waals surface area contributed by atoms with Crippen LogP contribution in [0.15, 0.2) is 61.8 Å². The maximum atomic E-state index is 4.00. The fraction of sp³-hybridized carbons (Fsp3) is 0.214. The largest absolute Gasteiger partial charge is 0.248 e. The maximum Gasteiger partial charge on any atom is 0.248 e. The Hall–Kier alpha value is -1.83. The number of hydrogen-bond acceptors (Lipinski definition) is 0. The Morgan fingerprint density at radius 2 is 2.12 bits per heavy atom. The molecule has 1 aromatic rings. The number of nitrogens with zero attached hydrogens (tertiary/aromatic N) is 2. The smallest absolute Gasteiger partial charge is 0.236 e. The molecule has 0 amide bonds. The number of rotatable bonds is 6. The van der Waals surface area contributed by atoms with E-state index in [2.05, 4.69) is 24.3 Å². The van der Waals surface area contributed by atoms with Crippen LogP contribution in [0.25, 0.3) is 6.20 Å². The standard InChI is InChI=1S/C14H19N2/c1-5-15-10-11-16(12-15)9-8-14(4)7-6-13(2)3/h5-7,10-12H,1-2,4,8-9H2,3H3/q+1/b7-6-. The van der Waals surface area contributed by atoms with Crippen molar-refractivity contribution in [2.45, 2.75) is 19.9 Å². The van der Waals surface area contributed by atoms with Crippen LogP contribution in [-0.4, -0.2) is 4.57 Å². The van der Waals surface area contributed by atoms with Crippen molar-refractivity contribution in [2.24, 2.45) is 0 Å². The van der Waals surface area contributed by atoms with E-state index in [9.17, 15) is 0 Å². The first-order valence-corrected chi connectivity index (χ1v) is 5.32. The molecule has 84 valence electrons. The number of aryl methyl sites for hydroxylation is 1. The number of aromatic nitrogens is 2. The molecule has 1 aromatic heterocycles. The Morgan fingerprint density at radius 3 is 2.69 bits per heavy atom. The van der Waals surface area contributed by atoms with Crippen LogP contribution in [0.4, 0.5) is 0 Å². The van der Waals surface area contributed by atoms with Gasteiger partial charge >= 0.3 is 0 Å². The molecule has 2 nitrogen and oxygen atoms in total. The van der Waals surface area contributed by atoms with E-state index >= 15 is 0 Å². The second kappa shape index (κ2) is 5.91. The molecule has 0 unspecified atom stereocenters. The molecule has 0 bridgehead atoms. The van der Waals surface area contributed by atoms with Gasteiger partial charge in [0, 0.05) is 6.42 Å². The Kier molecular flexibility index (Phi) is 4.52. The molecule has 0 spiro atoms. The van der Waals surface area contributed by atoms with Gasteiger partial charge in [0.2, 0.25) is 6.33 Å². The predicted octanol–water partition coefficient (Wildman–Crippen LogP) is 2.95. The van der Waals surface area contributed by atoms with Gasteiger partial charge < -0.3 is 0 Å². The minimum absolute atomic E-state index is 0.931. The summed E-state index contributed by atoms with van der Waals surface area (Å²) in [5.41, 5.74) is 2.16. The molecule has 0 N–H and O–H groups in total. The first kappa shape index (κ1) is 12.2. The van der Waals surface area contributed by atoms with Gasteiger partial charge in [-0.15, -0.1) is 0 Å². The third kappa shape index (κ3) is 4.13. The molecule has 0 aliphatic heterocycles. The lowest BCUT2D eigenvalue weighted by atomic mass is 10.2. The first-order chi connectivity index (χ1) is 7.61.